The maximum absolute atomic E-state index is 12.2. The van der Waals surface area contributed by atoms with Crippen molar-refractivity contribution in [2.24, 2.45) is 0 Å². The Bertz CT molecular complexity index is 957. The number of halogens is 1. The fourth-order valence-electron chi connectivity index (χ4n) is 3.15. The molecule has 0 spiro atoms. The lowest BCUT2D eigenvalue weighted by Gasteiger charge is -2.33. The number of amides is 1. The largest absolute Gasteiger partial charge is 0.493 e. The molecule has 154 valence electrons. The molecule has 0 saturated carbocycles. The zero-order valence-electron chi connectivity index (χ0n) is 17.0. The molecule has 1 aromatic heterocycles. The Morgan fingerprint density at radius 3 is 2.55 bits per heavy atom. The third-order valence-electron chi connectivity index (χ3n) is 4.58. The summed E-state index contributed by atoms with van der Waals surface area (Å²) in [5.74, 6) is 1.09. The van der Waals surface area contributed by atoms with Crippen molar-refractivity contribution >= 4 is 34.3 Å². The number of fused-ring (bicyclic) bond motifs is 1. The van der Waals surface area contributed by atoms with E-state index in [1.54, 1.807) is 24.1 Å². The van der Waals surface area contributed by atoms with Crippen LogP contribution in [0.15, 0.2) is 18.3 Å². The zero-order chi connectivity index (χ0) is 21.2. The number of hydrogen-bond acceptors (Lipinski definition) is 5. The normalized spacial score (nSPS) is 15.1. The molecule has 0 unspecified atom stereocenters. The van der Waals surface area contributed by atoms with E-state index in [0.717, 1.165) is 0 Å². The number of carbonyl (C=O) groups excluding carboxylic acids is 1. The number of carbonyl (C=O) groups is 1. The van der Waals surface area contributed by atoms with Gasteiger partial charge in [-0.2, -0.15) is 0 Å². The summed E-state index contributed by atoms with van der Waals surface area (Å²) in [5, 5.41) is 0.986. The molecule has 0 N–H and O–H groups in total. The molecular weight excluding hydrogens is 394 g/mol. The van der Waals surface area contributed by atoms with Gasteiger partial charge in [-0.1, -0.05) is 11.6 Å². The van der Waals surface area contributed by atoms with E-state index >= 15 is 0 Å². The van der Waals surface area contributed by atoms with Crippen molar-refractivity contribution in [3.05, 3.63) is 34.8 Å². The molecule has 0 radical (unpaired) electrons. The van der Waals surface area contributed by atoms with Crippen LogP contribution in [0, 0.1) is 6.57 Å². The van der Waals surface area contributed by atoms with E-state index in [9.17, 15) is 4.79 Å². The molecule has 1 fully saturated rings. The molecule has 1 aliphatic heterocycles. The van der Waals surface area contributed by atoms with Gasteiger partial charge in [0, 0.05) is 43.6 Å². The van der Waals surface area contributed by atoms with Crippen LogP contribution in [-0.2, 0) is 4.74 Å². The summed E-state index contributed by atoms with van der Waals surface area (Å²) in [6, 6.07) is 3.51. The minimum absolute atomic E-state index is 0.0733. The fourth-order valence-corrected chi connectivity index (χ4v) is 3.39. The summed E-state index contributed by atoms with van der Waals surface area (Å²) < 4.78 is 17.1. The Balaban J connectivity index is 1.74. The van der Waals surface area contributed by atoms with Crippen LogP contribution in [0.4, 0.5) is 10.5 Å². The van der Waals surface area contributed by atoms with Crippen molar-refractivity contribution in [1.82, 2.24) is 9.88 Å². The molecular formula is C21H24ClN3O4. The van der Waals surface area contributed by atoms with E-state index in [1.807, 2.05) is 20.8 Å². The average Bonchev–Trinajstić information content (AvgIpc) is 2.67. The predicted octanol–water partition coefficient (Wildman–Crippen LogP) is 5.23. The maximum Gasteiger partial charge on any atom is 0.410 e. The van der Waals surface area contributed by atoms with Crippen molar-refractivity contribution in [2.75, 3.05) is 20.2 Å². The number of nitrogens with zero attached hydrogens (tertiary/aromatic N) is 3. The number of hydrogen-bond donors (Lipinski definition) is 0. The Kier molecular flexibility index (Phi) is 6.04. The van der Waals surface area contributed by atoms with E-state index in [0.29, 0.717) is 59.0 Å². The molecule has 1 amide bonds. The van der Waals surface area contributed by atoms with Gasteiger partial charge in [-0.05, 0) is 26.8 Å². The number of benzene rings is 1. The lowest BCUT2D eigenvalue weighted by molar-refractivity contribution is 0.0124. The van der Waals surface area contributed by atoms with Crippen molar-refractivity contribution in [3.63, 3.8) is 0 Å². The third-order valence-corrected chi connectivity index (χ3v) is 4.97. The summed E-state index contributed by atoms with van der Waals surface area (Å²) >= 11 is 6.35. The standard InChI is InChI=1S/C21H24ClN3O4/c1-21(2,3)29-20(26)25-8-6-13(7-9-25)28-18-10-14-15(11-17(18)27-5)24-12-16(23-4)19(14)22/h10-13H,6-9H2,1-3,5H3. The van der Waals surface area contributed by atoms with Crippen LogP contribution in [0.25, 0.3) is 15.7 Å². The second-order valence-corrected chi connectivity index (χ2v) is 8.25. The number of methoxy groups -OCH3 is 1. The van der Waals surface area contributed by atoms with Gasteiger partial charge in [0.25, 0.3) is 0 Å². The smallest absolute Gasteiger partial charge is 0.410 e. The van der Waals surface area contributed by atoms with Gasteiger partial charge in [0.15, 0.2) is 11.5 Å². The number of pyridine rings is 1. The van der Waals surface area contributed by atoms with Gasteiger partial charge in [-0.15, -0.1) is 0 Å². The van der Waals surface area contributed by atoms with Crippen LogP contribution in [0.1, 0.15) is 33.6 Å². The summed E-state index contributed by atoms with van der Waals surface area (Å²) in [7, 11) is 1.56. The highest BCUT2D eigenvalue weighted by atomic mass is 35.5. The molecule has 0 atom stereocenters. The van der Waals surface area contributed by atoms with Crippen LogP contribution >= 0.6 is 11.6 Å². The van der Waals surface area contributed by atoms with Gasteiger partial charge in [-0.3, -0.25) is 4.98 Å². The number of piperidine rings is 1. The molecule has 29 heavy (non-hydrogen) atoms. The van der Waals surface area contributed by atoms with Gasteiger partial charge >= 0.3 is 6.09 Å². The highest BCUT2D eigenvalue weighted by Gasteiger charge is 2.28. The molecule has 0 aliphatic carbocycles. The monoisotopic (exact) mass is 417 g/mol. The van der Waals surface area contributed by atoms with Gasteiger partial charge in [-0.25, -0.2) is 9.64 Å². The van der Waals surface area contributed by atoms with E-state index in [4.69, 9.17) is 32.4 Å². The number of ether oxygens (including phenoxy) is 3. The first kappa shape index (κ1) is 21.0. The van der Waals surface area contributed by atoms with E-state index in [2.05, 4.69) is 9.83 Å². The van der Waals surface area contributed by atoms with Gasteiger partial charge in [0.1, 0.15) is 11.7 Å². The Labute approximate surface area is 175 Å². The quantitative estimate of drug-likeness (QED) is 0.640. The Morgan fingerprint density at radius 2 is 1.97 bits per heavy atom. The minimum atomic E-state index is -0.514. The predicted molar refractivity (Wildman–Crippen MR) is 111 cm³/mol. The Morgan fingerprint density at radius 1 is 1.28 bits per heavy atom. The van der Waals surface area contributed by atoms with Gasteiger partial charge in [0.2, 0.25) is 5.69 Å². The topological polar surface area (TPSA) is 65.2 Å². The highest BCUT2D eigenvalue weighted by Crippen LogP contribution is 2.39. The second kappa shape index (κ2) is 8.34. The average molecular weight is 418 g/mol. The number of aromatic nitrogens is 1. The summed E-state index contributed by atoms with van der Waals surface area (Å²) in [4.78, 5) is 21.6. The summed E-state index contributed by atoms with van der Waals surface area (Å²) in [5.41, 5.74) is 0.410. The minimum Gasteiger partial charge on any atom is -0.493 e. The molecule has 3 rings (SSSR count). The first-order valence-electron chi connectivity index (χ1n) is 9.40. The first-order valence-corrected chi connectivity index (χ1v) is 9.78. The number of likely N-dealkylation sites (tertiary alicyclic amines) is 1. The fraction of sp³-hybridized carbons (Fsp3) is 0.476. The molecule has 0 bridgehead atoms. The lowest BCUT2D eigenvalue weighted by Crippen LogP contribution is -2.44. The third kappa shape index (κ3) is 4.83. The van der Waals surface area contributed by atoms with Gasteiger partial charge < -0.3 is 19.1 Å². The molecule has 2 heterocycles. The van der Waals surface area contributed by atoms with Gasteiger partial charge in [0.05, 0.1) is 24.2 Å². The molecule has 7 nitrogen and oxygen atoms in total. The summed E-state index contributed by atoms with van der Waals surface area (Å²) in [6.07, 6.45) is 2.42. The van der Waals surface area contributed by atoms with Crippen molar-refractivity contribution < 1.29 is 19.0 Å². The number of rotatable bonds is 3. The molecule has 1 aromatic carbocycles. The highest BCUT2D eigenvalue weighted by molar-refractivity contribution is 6.38. The van der Waals surface area contributed by atoms with E-state index in [-0.39, 0.29) is 12.2 Å². The molecule has 8 heteroatoms. The van der Waals surface area contributed by atoms with E-state index in [1.165, 1.54) is 6.20 Å². The van der Waals surface area contributed by atoms with Crippen LogP contribution in [-0.4, -0.2) is 47.9 Å². The lowest BCUT2D eigenvalue weighted by atomic mass is 10.1. The van der Waals surface area contributed by atoms with Crippen LogP contribution in [0.5, 0.6) is 11.5 Å². The van der Waals surface area contributed by atoms with Crippen molar-refractivity contribution in [2.45, 2.75) is 45.3 Å². The van der Waals surface area contributed by atoms with Crippen molar-refractivity contribution in [3.8, 4) is 11.5 Å². The second-order valence-electron chi connectivity index (χ2n) is 7.87. The maximum atomic E-state index is 12.2. The molecule has 1 aliphatic rings. The van der Waals surface area contributed by atoms with Crippen LogP contribution in [0.3, 0.4) is 0 Å². The van der Waals surface area contributed by atoms with Crippen LogP contribution < -0.4 is 9.47 Å². The summed E-state index contributed by atoms with van der Waals surface area (Å²) in [6.45, 7) is 13.9. The molecule has 1 saturated heterocycles. The Hall–Kier alpha value is -2.72. The first-order chi connectivity index (χ1) is 13.7. The van der Waals surface area contributed by atoms with Crippen LogP contribution in [0.2, 0.25) is 5.02 Å². The van der Waals surface area contributed by atoms with Crippen molar-refractivity contribution in [1.29, 1.82) is 0 Å². The molecule has 2 aromatic rings. The van der Waals surface area contributed by atoms with E-state index < -0.39 is 5.60 Å². The SMILES string of the molecule is [C-]#[N+]c1cnc2cc(OC)c(OC3CCN(C(=O)OC(C)(C)C)CC3)cc2c1Cl. The zero-order valence-corrected chi connectivity index (χ0v) is 17.7.